The molecule has 0 radical (unpaired) electrons. The van der Waals surface area contributed by atoms with Gasteiger partial charge in [0.05, 0.1) is 5.54 Å². The molecule has 1 aliphatic carbocycles. The van der Waals surface area contributed by atoms with Gasteiger partial charge in [-0.25, -0.2) is 4.79 Å². The molecule has 1 fully saturated rings. The van der Waals surface area contributed by atoms with E-state index in [-0.39, 0.29) is 18.3 Å². The second-order valence-electron chi connectivity index (χ2n) is 4.18. The van der Waals surface area contributed by atoms with Gasteiger partial charge >= 0.3 is 6.03 Å². The average molecular weight is 271 g/mol. The lowest BCUT2D eigenvalue weighted by molar-refractivity contribution is -0.118. The van der Waals surface area contributed by atoms with E-state index in [9.17, 15) is 9.59 Å². The number of carbonyl (C=O) groups excluding carboxylic acids is 2. The van der Waals surface area contributed by atoms with Gasteiger partial charge in [0.15, 0.2) is 0 Å². The summed E-state index contributed by atoms with van der Waals surface area (Å²) in [6.45, 7) is 0. The summed E-state index contributed by atoms with van der Waals surface area (Å²) >= 11 is 0. The molecule has 0 spiro atoms. The Morgan fingerprint density at radius 3 is 1.89 bits per heavy atom. The van der Waals surface area contributed by atoms with E-state index in [2.05, 4.69) is 10.6 Å². The van der Waals surface area contributed by atoms with Crippen molar-refractivity contribution in [3.8, 4) is 0 Å². The first-order valence-corrected chi connectivity index (χ1v) is 5.26. The van der Waals surface area contributed by atoms with Crippen LogP contribution in [0.1, 0.15) is 12.8 Å². The van der Waals surface area contributed by atoms with E-state index in [1.54, 1.807) is 24.3 Å². The van der Waals surface area contributed by atoms with Crippen molar-refractivity contribution < 1.29 is 9.59 Å². The quantitative estimate of drug-likeness (QED) is 0.658. The van der Waals surface area contributed by atoms with Crippen LogP contribution >= 0.6 is 12.4 Å². The van der Waals surface area contributed by atoms with Crippen molar-refractivity contribution in [3.63, 3.8) is 0 Å². The molecule has 0 aromatic heterocycles. The van der Waals surface area contributed by atoms with Crippen LogP contribution in [0.25, 0.3) is 0 Å². The van der Waals surface area contributed by atoms with E-state index in [0.717, 1.165) is 12.8 Å². The van der Waals surface area contributed by atoms with Gasteiger partial charge in [-0.1, -0.05) is 0 Å². The highest BCUT2D eigenvalue weighted by molar-refractivity contribution is 6.00. The summed E-state index contributed by atoms with van der Waals surface area (Å²) in [5.74, 6) is -0.173. The molecule has 0 atom stereocenters. The smallest absolute Gasteiger partial charge is 0.316 e. The fourth-order valence-corrected chi connectivity index (χ4v) is 1.40. The highest BCUT2D eigenvalue weighted by atomic mass is 35.5. The number of primary amides is 1. The molecule has 1 aromatic rings. The number of amides is 3. The fraction of sp³-hybridized carbons (Fsp3) is 0.273. The first kappa shape index (κ1) is 14.3. The third kappa shape index (κ3) is 3.35. The van der Waals surface area contributed by atoms with Gasteiger partial charge in [-0.2, -0.15) is 0 Å². The van der Waals surface area contributed by atoms with E-state index in [4.69, 9.17) is 11.5 Å². The van der Waals surface area contributed by atoms with Crippen LogP contribution in [-0.4, -0.2) is 17.5 Å². The number of halogens is 1. The van der Waals surface area contributed by atoms with Crippen molar-refractivity contribution in [2.45, 2.75) is 18.4 Å². The van der Waals surface area contributed by atoms with E-state index in [1.165, 1.54) is 0 Å². The maximum absolute atomic E-state index is 11.6. The minimum Gasteiger partial charge on any atom is -0.351 e. The van der Waals surface area contributed by atoms with Crippen molar-refractivity contribution >= 4 is 35.7 Å². The lowest BCUT2D eigenvalue weighted by Crippen LogP contribution is -2.37. The van der Waals surface area contributed by atoms with Gasteiger partial charge in [0, 0.05) is 11.4 Å². The maximum atomic E-state index is 11.6. The largest absolute Gasteiger partial charge is 0.351 e. The standard InChI is InChI=1S/C11H14N4O2.ClH/c12-10(17)15-8-3-1-7(2-4-8)14-9(16)11(13)5-6-11;/h1-4H,5-6,13H2,(H,14,16)(H3,12,15,17);1H. The zero-order chi connectivity index (χ0) is 12.5. The van der Waals surface area contributed by atoms with E-state index in [0.29, 0.717) is 11.4 Å². The molecule has 3 amide bonds. The Hall–Kier alpha value is -1.79. The summed E-state index contributed by atoms with van der Waals surface area (Å²) < 4.78 is 0. The predicted molar refractivity (Wildman–Crippen MR) is 71.7 cm³/mol. The number of hydrogen-bond donors (Lipinski definition) is 4. The molecule has 1 saturated carbocycles. The predicted octanol–water partition coefficient (Wildman–Crippen LogP) is 1.03. The van der Waals surface area contributed by atoms with Crippen molar-refractivity contribution in [2.24, 2.45) is 11.5 Å². The van der Waals surface area contributed by atoms with Crippen LogP contribution in [0.5, 0.6) is 0 Å². The van der Waals surface area contributed by atoms with Crippen molar-refractivity contribution in [2.75, 3.05) is 10.6 Å². The van der Waals surface area contributed by atoms with Crippen molar-refractivity contribution in [3.05, 3.63) is 24.3 Å². The minimum atomic E-state index is -0.690. The second-order valence-corrected chi connectivity index (χ2v) is 4.18. The Morgan fingerprint density at radius 1 is 1.06 bits per heavy atom. The Bertz CT molecular complexity index is 457. The third-order valence-electron chi connectivity index (χ3n) is 2.65. The molecule has 0 saturated heterocycles. The maximum Gasteiger partial charge on any atom is 0.316 e. The van der Waals surface area contributed by atoms with Crippen LogP contribution in [0.4, 0.5) is 16.2 Å². The molecule has 0 heterocycles. The zero-order valence-corrected chi connectivity index (χ0v) is 10.4. The summed E-state index contributed by atoms with van der Waals surface area (Å²) in [5, 5.41) is 5.15. The molecule has 7 heteroatoms. The minimum absolute atomic E-state index is 0. The Balaban J connectivity index is 0.00000162. The Kier molecular flexibility index (Phi) is 4.15. The number of hydrogen-bond acceptors (Lipinski definition) is 3. The van der Waals surface area contributed by atoms with Gasteiger partial charge in [-0.3, -0.25) is 4.79 Å². The molecular weight excluding hydrogens is 256 g/mol. The zero-order valence-electron chi connectivity index (χ0n) is 9.60. The van der Waals surface area contributed by atoms with Crippen LogP contribution in [0.15, 0.2) is 24.3 Å². The molecule has 6 N–H and O–H groups in total. The van der Waals surface area contributed by atoms with E-state index >= 15 is 0 Å². The normalized spacial score (nSPS) is 15.2. The van der Waals surface area contributed by atoms with Crippen LogP contribution < -0.4 is 22.1 Å². The summed E-state index contributed by atoms with van der Waals surface area (Å²) in [6.07, 6.45) is 1.44. The van der Waals surface area contributed by atoms with Gasteiger partial charge in [0.2, 0.25) is 5.91 Å². The summed E-state index contributed by atoms with van der Waals surface area (Å²) in [6, 6.07) is 6.03. The topological polar surface area (TPSA) is 110 Å². The van der Waals surface area contributed by atoms with Crippen LogP contribution in [0, 0.1) is 0 Å². The molecule has 18 heavy (non-hydrogen) atoms. The number of urea groups is 1. The number of anilines is 2. The molecule has 1 aromatic carbocycles. The van der Waals surface area contributed by atoms with Crippen molar-refractivity contribution in [1.29, 1.82) is 0 Å². The number of benzene rings is 1. The molecule has 0 aliphatic heterocycles. The first-order valence-electron chi connectivity index (χ1n) is 5.26. The fourth-order valence-electron chi connectivity index (χ4n) is 1.40. The molecular formula is C11H15ClN4O2. The van der Waals surface area contributed by atoms with E-state index in [1.807, 2.05) is 0 Å². The molecule has 98 valence electrons. The van der Waals surface area contributed by atoms with Gasteiger partial charge in [-0.15, -0.1) is 12.4 Å². The highest BCUT2D eigenvalue weighted by Crippen LogP contribution is 2.33. The Morgan fingerprint density at radius 2 is 1.50 bits per heavy atom. The second kappa shape index (κ2) is 5.24. The monoisotopic (exact) mass is 270 g/mol. The number of nitrogens with two attached hydrogens (primary N) is 2. The number of nitrogens with one attached hydrogen (secondary N) is 2. The molecule has 1 aliphatic rings. The highest BCUT2D eigenvalue weighted by Gasteiger charge is 2.45. The van der Waals surface area contributed by atoms with Gasteiger partial charge in [0.25, 0.3) is 0 Å². The van der Waals surface area contributed by atoms with Crippen LogP contribution in [-0.2, 0) is 4.79 Å². The Labute approximate surface area is 111 Å². The number of carbonyl (C=O) groups is 2. The average Bonchev–Trinajstić information content (AvgIpc) is 3.00. The van der Waals surface area contributed by atoms with Gasteiger partial charge in [-0.05, 0) is 37.1 Å². The lowest BCUT2D eigenvalue weighted by Gasteiger charge is -2.10. The van der Waals surface area contributed by atoms with Gasteiger partial charge in [0.1, 0.15) is 0 Å². The summed E-state index contributed by atoms with van der Waals surface area (Å²) in [4.78, 5) is 22.2. The van der Waals surface area contributed by atoms with E-state index < -0.39 is 11.6 Å². The first-order chi connectivity index (χ1) is 7.99. The van der Waals surface area contributed by atoms with Crippen LogP contribution in [0.3, 0.4) is 0 Å². The van der Waals surface area contributed by atoms with Crippen LogP contribution in [0.2, 0.25) is 0 Å². The SMILES string of the molecule is Cl.NC(=O)Nc1ccc(NC(=O)C2(N)CC2)cc1. The molecule has 6 nitrogen and oxygen atoms in total. The molecule has 2 rings (SSSR count). The number of rotatable bonds is 3. The van der Waals surface area contributed by atoms with Gasteiger partial charge < -0.3 is 22.1 Å². The summed E-state index contributed by atoms with van der Waals surface area (Å²) in [5.41, 5.74) is 11.2. The lowest BCUT2D eigenvalue weighted by atomic mass is 10.2. The van der Waals surface area contributed by atoms with Crippen molar-refractivity contribution in [1.82, 2.24) is 0 Å². The molecule has 0 bridgehead atoms. The summed E-state index contributed by atoms with van der Waals surface area (Å²) in [7, 11) is 0. The molecule has 0 unspecified atom stereocenters. The third-order valence-corrected chi connectivity index (χ3v) is 2.65.